The number of aryl methyl sites for hydroxylation is 1. The van der Waals surface area contributed by atoms with Gasteiger partial charge in [-0.25, -0.2) is 0 Å². The minimum Gasteiger partial charge on any atom is -0.311 e. The van der Waals surface area contributed by atoms with Gasteiger partial charge in [0.1, 0.15) is 0 Å². The highest BCUT2D eigenvalue weighted by molar-refractivity contribution is 7.98. The van der Waals surface area contributed by atoms with E-state index in [9.17, 15) is 0 Å². The molecule has 1 unspecified atom stereocenters. The van der Waals surface area contributed by atoms with Gasteiger partial charge in [-0.3, -0.25) is 0 Å². The molecule has 21 heavy (non-hydrogen) atoms. The van der Waals surface area contributed by atoms with Crippen LogP contribution in [-0.2, 0) is 11.8 Å². The Hall–Kier alpha value is -0.470. The normalized spacial score (nSPS) is 22.1. The van der Waals surface area contributed by atoms with Crippen molar-refractivity contribution in [2.45, 2.75) is 63.8 Å². The van der Waals surface area contributed by atoms with Gasteiger partial charge in [0, 0.05) is 17.5 Å². The van der Waals surface area contributed by atoms with E-state index in [1.807, 2.05) is 11.8 Å². The smallest absolute Gasteiger partial charge is 0.00968 e. The first-order valence-electron chi connectivity index (χ1n) is 8.29. The van der Waals surface area contributed by atoms with Gasteiger partial charge in [0.25, 0.3) is 0 Å². The molecule has 0 bridgehead atoms. The molecule has 1 aromatic rings. The molecule has 0 aromatic heterocycles. The highest BCUT2D eigenvalue weighted by Crippen LogP contribution is 2.41. The molecule has 1 nitrogen and oxygen atoms in total. The third-order valence-electron chi connectivity index (χ3n) is 4.65. The van der Waals surface area contributed by atoms with Crippen LogP contribution in [0, 0.1) is 0 Å². The second-order valence-corrected chi connectivity index (χ2v) is 8.48. The molecule has 0 heterocycles. The molecular weight excluding hydrogens is 274 g/mol. The van der Waals surface area contributed by atoms with Crippen LogP contribution in [0.2, 0.25) is 0 Å². The van der Waals surface area contributed by atoms with Crippen molar-refractivity contribution in [3.05, 3.63) is 35.4 Å². The number of nitrogens with one attached hydrogen (secondary N) is 1. The van der Waals surface area contributed by atoms with Crippen molar-refractivity contribution in [3.63, 3.8) is 0 Å². The highest BCUT2D eigenvalue weighted by atomic mass is 32.2. The summed E-state index contributed by atoms with van der Waals surface area (Å²) in [4.78, 5) is 0. The summed E-state index contributed by atoms with van der Waals surface area (Å²) in [5.41, 5.74) is 3.74. The summed E-state index contributed by atoms with van der Waals surface area (Å²) >= 11 is 1.97. The lowest BCUT2D eigenvalue weighted by atomic mass is 9.67. The Kier molecular flexibility index (Phi) is 5.79. The number of hydrogen-bond donors (Lipinski definition) is 1. The fourth-order valence-corrected chi connectivity index (χ4v) is 3.96. The molecule has 118 valence electrons. The Labute approximate surface area is 135 Å². The van der Waals surface area contributed by atoms with Crippen LogP contribution in [0.25, 0.3) is 0 Å². The van der Waals surface area contributed by atoms with Gasteiger partial charge in [-0.1, -0.05) is 24.3 Å². The van der Waals surface area contributed by atoms with Gasteiger partial charge >= 0.3 is 0 Å². The molecule has 0 amide bonds. The van der Waals surface area contributed by atoms with Crippen molar-refractivity contribution >= 4 is 11.8 Å². The zero-order chi connectivity index (χ0) is 15.3. The van der Waals surface area contributed by atoms with Crippen LogP contribution in [0.1, 0.15) is 57.6 Å². The maximum absolute atomic E-state index is 3.79. The topological polar surface area (TPSA) is 12.0 Å². The van der Waals surface area contributed by atoms with Gasteiger partial charge in [0.15, 0.2) is 0 Å². The summed E-state index contributed by atoms with van der Waals surface area (Å²) in [5.74, 6) is 1.28. The van der Waals surface area contributed by atoms with Crippen molar-refractivity contribution in [1.82, 2.24) is 5.32 Å². The lowest BCUT2D eigenvalue weighted by Gasteiger charge is -2.41. The quantitative estimate of drug-likeness (QED) is 0.758. The maximum atomic E-state index is 3.79. The molecule has 2 rings (SSSR count). The Balaban J connectivity index is 2.24. The molecule has 0 spiro atoms. The SMILES string of the molecule is CSCCCC1(CNC(C)(C)C)CCCc2ccccc21. The highest BCUT2D eigenvalue weighted by Gasteiger charge is 2.36. The van der Waals surface area contributed by atoms with Crippen LogP contribution in [0.5, 0.6) is 0 Å². The molecule has 2 heteroatoms. The van der Waals surface area contributed by atoms with Crippen molar-refractivity contribution < 1.29 is 0 Å². The zero-order valence-electron chi connectivity index (χ0n) is 14.2. The van der Waals surface area contributed by atoms with Crippen LogP contribution >= 0.6 is 11.8 Å². The average Bonchev–Trinajstić information content (AvgIpc) is 2.45. The minimum absolute atomic E-state index is 0.193. The number of thioether (sulfide) groups is 1. The van der Waals surface area contributed by atoms with E-state index < -0.39 is 0 Å². The molecule has 1 aromatic carbocycles. The monoisotopic (exact) mass is 305 g/mol. The third-order valence-corrected chi connectivity index (χ3v) is 5.35. The van der Waals surface area contributed by atoms with Crippen LogP contribution in [0.15, 0.2) is 24.3 Å². The molecule has 1 aliphatic carbocycles. The lowest BCUT2D eigenvalue weighted by Crippen LogP contribution is -2.47. The molecule has 0 saturated heterocycles. The Morgan fingerprint density at radius 1 is 1.24 bits per heavy atom. The summed E-state index contributed by atoms with van der Waals surface area (Å²) in [6.45, 7) is 7.94. The third kappa shape index (κ3) is 4.50. The van der Waals surface area contributed by atoms with E-state index in [1.165, 1.54) is 37.9 Å². The molecule has 1 aliphatic rings. The van der Waals surface area contributed by atoms with E-state index >= 15 is 0 Å². The van der Waals surface area contributed by atoms with Crippen LogP contribution in [0.3, 0.4) is 0 Å². The molecule has 1 atom stereocenters. The first kappa shape index (κ1) is 16.9. The summed E-state index contributed by atoms with van der Waals surface area (Å²) in [6.07, 6.45) is 8.78. The minimum atomic E-state index is 0.193. The number of hydrogen-bond acceptors (Lipinski definition) is 2. The van der Waals surface area contributed by atoms with Gasteiger partial charge in [0.05, 0.1) is 0 Å². The molecular formula is C19H31NS. The van der Waals surface area contributed by atoms with E-state index in [-0.39, 0.29) is 5.54 Å². The van der Waals surface area contributed by atoms with Crippen LogP contribution in [0.4, 0.5) is 0 Å². The van der Waals surface area contributed by atoms with Gasteiger partial charge < -0.3 is 5.32 Å². The Morgan fingerprint density at radius 3 is 2.71 bits per heavy atom. The number of rotatable bonds is 6. The molecule has 1 N–H and O–H groups in total. The summed E-state index contributed by atoms with van der Waals surface area (Å²) in [5, 5.41) is 3.79. The summed E-state index contributed by atoms with van der Waals surface area (Å²) in [7, 11) is 0. The standard InChI is InChI=1S/C19H31NS/c1-18(2,3)20-15-19(13-8-14-21-4)12-7-10-16-9-5-6-11-17(16)19/h5-6,9,11,20H,7-8,10,12-15H2,1-4H3. The van der Waals surface area contributed by atoms with E-state index in [2.05, 4.69) is 56.6 Å². The van der Waals surface area contributed by atoms with Crippen LogP contribution < -0.4 is 5.32 Å². The first-order valence-corrected chi connectivity index (χ1v) is 9.69. The predicted molar refractivity (Wildman–Crippen MR) is 96.4 cm³/mol. The van der Waals surface area contributed by atoms with Gasteiger partial charge in [-0.05, 0) is 76.0 Å². The van der Waals surface area contributed by atoms with Crippen LogP contribution in [-0.4, -0.2) is 24.1 Å². The second-order valence-electron chi connectivity index (χ2n) is 7.49. The van der Waals surface area contributed by atoms with Gasteiger partial charge in [0.2, 0.25) is 0 Å². The molecule has 0 aliphatic heterocycles. The maximum Gasteiger partial charge on any atom is 0.00968 e. The fourth-order valence-electron chi connectivity index (χ4n) is 3.53. The first-order chi connectivity index (χ1) is 9.97. The Bertz CT molecular complexity index is 449. The van der Waals surface area contributed by atoms with Gasteiger partial charge in [-0.15, -0.1) is 0 Å². The summed E-state index contributed by atoms with van der Waals surface area (Å²) in [6, 6.07) is 9.16. The van der Waals surface area contributed by atoms with Crippen molar-refractivity contribution in [1.29, 1.82) is 0 Å². The number of benzene rings is 1. The van der Waals surface area contributed by atoms with E-state index in [0.717, 1.165) is 6.54 Å². The average molecular weight is 306 g/mol. The largest absolute Gasteiger partial charge is 0.311 e. The lowest BCUT2D eigenvalue weighted by molar-refractivity contribution is 0.278. The van der Waals surface area contributed by atoms with Crippen molar-refractivity contribution in [2.24, 2.45) is 0 Å². The van der Waals surface area contributed by atoms with E-state index in [1.54, 1.807) is 11.1 Å². The van der Waals surface area contributed by atoms with Crippen molar-refractivity contribution in [3.8, 4) is 0 Å². The zero-order valence-corrected chi connectivity index (χ0v) is 15.0. The Morgan fingerprint density at radius 2 is 2.00 bits per heavy atom. The fraction of sp³-hybridized carbons (Fsp3) is 0.684. The van der Waals surface area contributed by atoms with Crippen molar-refractivity contribution in [2.75, 3.05) is 18.6 Å². The van der Waals surface area contributed by atoms with Gasteiger partial charge in [-0.2, -0.15) is 11.8 Å². The van der Waals surface area contributed by atoms with E-state index in [0.29, 0.717) is 5.41 Å². The molecule has 0 fully saturated rings. The van der Waals surface area contributed by atoms with E-state index in [4.69, 9.17) is 0 Å². The molecule has 0 saturated carbocycles. The second kappa shape index (κ2) is 7.19. The number of fused-ring (bicyclic) bond motifs is 1. The predicted octanol–water partition coefficient (Wildman–Crippen LogP) is 4.79. The molecule has 0 radical (unpaired) electrons. The summed E-state index contributed by atoms with van der Waals surface area (Å²) < 4.78 is 0.